The molecule has 2 aliphatic rings. The van der Waals surface area contributed by atoms with Gasteiger partial charge in [0.05, 0.1) is 5.60 Å². The average molecular weight is 309 g/mol. The Balaban J connectivity index is 1.45. The number of hydrogen-bond donors (Lipinski definition) is 1. The lowest BCUT2D eigenvalue weighted by Gasteiger charge is -2.43. The van der Waals surface area contributed by atoms with Crippen molar-refractivity contribution in [3.8, 4) is 0 Å². The predicted molar refractivity (Wildman–Crippen MR) is 86.4 cm³/mol. The first-order valence-corrected chi connectivity index (χ1v) is 9.11. The van der Waals surface area contributed by atoms with E-state index in [0.717, 1.165) is 32.4 Å². The van der Waals surface area contributed by atoms with Crippen molar-refractivity contribution in [1.29, 1.82) is 0 Å². The van der Waals surface area contributed by atoms with Crippen molar-refractivity contribution >= 4 is 11.8 Å². The fourth-order valence-electron chi connectivity index (χ4n) is 3.37. The quantitative estimate of drug-likeness (QED) is 0.921. The maximum absolute atomic E-state index is 12.9. The summed E-state index contributed by atoms with van der Waals surface area (Å²) in [6, 6.07) is 7.40. The Kier molecular flexibility index (Phi) is 5.19. The molecule has 2 nitrogen and oxygen atoms in total. The van der Waals surface area contributed by atoms with Gasteiger partial charge in [0.15, 0.2) is 0 Å². The van der Waals surface area contributed by atoms with E-state index in [2.05, 4.69) is 5.32 Å². The largest absolute Gasteiger partial charge is 0.375 e. The molecule has 2 fully saturated rings. The number of thioether (sulfide) groups is 1. The van der Waals surface area contributed by atoms with Gasteiger partial charge in [-0.2, -0.15) is 11.8 Å². The van der Waals surface area contributed by atoms with Crippen molar-refractivity contribution in [1.82, 2.24) is 5.32 Å². The van der Waals surface area contributed by atoms with E-state index < -0.39 is 0 Å². The van der Waals surface area contributed by atoms with E-state index in [9.17, 15) is 4.39 Å². The van der Waals surface area contributed by atoms with Crippen molar-refractivity contribution in [3.05, 3.63) is 35.6 Å². The molecule has 0 aromatic heterocycles. The minimum atomic E-state index is -0.159. The molecule has 4 heteroatoms. The molecule has 0 amide bonds. The van der Waals surface area contributed by atoms with Crippen LogP contribution in [0.2, 0.25) is 0 Å². The van der Waals surface area contributed by atoms with Crippen molar-refractivity contribution in [3.63, 3.8) is 0 Å². The van der Waals surface area contributed by atoms with Crippen LogP contribution in [0.25, 0.3) is 0 Å². The number of benzene rings is 1. The number of halogens is 1. The number of ether oxygens (including phenoxy) is 1. The lowest BCUT2D eigenvalue weighted by atomic mass is 9.85. The summed E-state index contributed by atoms with van der Waals surface area (Å²) in [5.41, 5.74) is 1.34. The molecule has 0 radical (unpaired) electrons. The zero-order valence-electron chi connectivity index (χ0n) is 12.4. The molecule has 1 aromatic rings. The van der Waals surface area contributed by atoms with Gasteiger partial charge >= 0.3 is 0 Å². The Hall–Kier alpha value is -0.580. The SMILES string of the molecule is Fc1ccc(CCNC2CCOC3(CCSCC3)C2)cc1. The monoisotopic (exact) mass is 309 g/mol. The normalized spacial score (nSPS) is 25.1. The number of nitrogens with one attached hydrogen (secondary N) is 1. The second-order valence-corrected chi connectivity index (χ2v) is 7.39. The Labute approximate surface area is 130 Å². The molecule has 0 saturated carbocycles. The van der Waals surface area contributed by atoms with Gasteiger partial charge in [0.1, 0.15) is 5.82 Å². The van der Waals surface area contributed by atoms with E-state index in [-0.39, 0.29) is 11.4 Å². The van der Waals surface area contributed by atoms with Crippen LogP contribution in [0.4, 0.5) is 4.39 Å². The van der Waals surface area contributed by atoms with Crippen LogP contribution >= 0.6 is 11.8 Å². The first-order chi connectivity index (χ1) is 10.3. The van der Waals surface area contributed by atoms with E-state index in [1.807, 2.05) is 23.9 Å². The molecule has 21 heavy (non-hydrogen) atoms. The third kappa shape index (κ3) is 4.21. The molecule has 1 N–H and O–H groups in total. The fraction of sp³-hybridized carbons (Fsp3) is 0.647. The summed E-state index contributed by atoms with van der Waals surface area (Å²) in [5.74, 6) is 2.32. The highest BCUT2D eigenvalue weighted by atomic mass is 32.2. The minimum Gasteiger partial charge on any atom is -0.375 e. The average Bonchev–Trinajstić information content (AvgIpc) is 2.50. The van der Waals surface area contributed by atoms with Gasteiger partial charge in [-0.3, -0.25) is 0 Å². The number of hydrogen-bond acceptors (Lipinski definition) is 3. The topological polar surface area (TPSA) is 21.3 Å². The van der Waals surface area contributed by atoms with Crippen LogP contribution in [0.1, 0.15) is 31.2 Å². The van der Waals surface area contributed by atoms with Gasteiger partial charge in [-0.25, -0.2) is 4.39 Å². The van der Waals surface area contributed by atoms with Gasteiger partial charge in [0.2, 0.25) is 0 Å². The predicted octanol–water partition coefficient (Wildman–Crippen LogP) is 3.40. The maximum Gasteiger partial charge on any atom is 0.123 e. The first kappa shape index (κ1) is 15.3. The van der Waals surface area contributed by atoms with Gasteiger partial charge in [-0.15, -0.1) is 0 Å². The standard InChI is InChI=1S/C17H24FNOS/c18-15-3-1-14(2-4-15)5-9-19-16-6-10-20-17(13-16)7-11-21-12-8-17/h1-4,16,19H,5-13H2. The summed E-state index contributed by atoms with van der Waals surface area (Å²) in [5, 5.41) is 3.68. The molecule has 116 valence electrons. The minimum absolute atomic E-state index is 0.150. The summed E-state index contributed by atoms with van der Waals surface area (Å²) in [7, 11) is 0. The van der Waals surface area contributed by atoms with Crippen molar-refractivity contribution in [2.75, 3.05) is 24.7 Å². The Morgan fingerprint density at radius 2 is 2.00 bits per heavy atom. The highest BCUT2D eigenvalue weighted by molar-refractivity contribution is 7.99. The summed E-state index contributed by atoms with van der Waals surface area (Å²) in [4.78, 5) is 0. The van der Waals surface area contributed by atoms with Crippen molar-refractivity contribution < 1.29 is 9.13 Å². The van der Waals surface area contributed by atoms with E-state index >= 15 is 0 Å². The fourth-order valence-corrected chi connectivity index (χ4v) is 4.60. The lowest BCUT2D eigenvalue weighted by molar-refractivity contribution is -0.0930. The van der Waals surface area contributed by atoms with Crippen LogP contribution in [0, 0.1) is 5.82 Å². The van der Waals surface area contributed by atoms with Crippen LogP contribution in [-0.4, -0.2) is 36.3 Å². The molecule has 0 bridgehead atoms. The van der Waals surface area contributed by atoms with Gasteiger partial charge in [-0.05, 0) is 67.9 Å². The smallest absolute Gasteiger partial charge is 0.123 e. The molecule has 2 heterocycles. The van der Waals surface area contributed by atoms with Crippen molar-refractivity contribution in [2.45, 2.75) is 43.7 Å². The third-order valence-electron chi connectivity index (χ3n) is 4.66. The van der Waals surface area contributed by atoms with Crippen LogP contribution in [0.15, 0.2) is 24.3 Å². The Bertz CT molecular complexity index is 439. The van der Waals surface area contributed by atoms with Gasteiger partial charge in [-0.1, -0.05) is 12.1 Å². The summed E-state index contributed by atoms with van der Waals surface area (Å²) < 4.78 is 19.0. The summed E-state index contributed by atoms with van der Waals surface area (Å²) >= 11 is 2.05. The van der Waals surface area contributed by atoms with Crippen molar-refractivity contribution in [2.24, 2.45) is 0 Å². The summed E-state index contributed by atoms with van der Waals surface area (Å²) in [6.45, 7) is 1.85. The van der Waals surface area contributed by atoms with E-state index in [1.54, 1.807) is 12.1 Å². The molecule has 1 aromatic carbocycles. The van der Waals surface area contributed by atoms with Crippen LogP contribution in [0.3, 0.4) is 0 Å². The van der Waals surface area contributed by atoms with Gasteiger partial charge < -0.3 is 10.1 Å². The Morgan fingerprint density at radius 3 is 2.76 bits per heavy atom. The third-order valence-corrected chi connectivity index (χ3v) is 5.64. The molecule has 1 spiro atoms. The molecule has 3 rings (SSSR count). The highest BCUT2D eigenvalue weighted by Gasteiger charge is 2.38. The molecule has 0 aliphatic carbocycles. The maximum atomic E-state index is 12.9. The zero-order chi connectivity index (χ0) is 14.5. The summed E-state index contributed by atoms with van der Waals surface area (Å²) in [6.07, 6.45) is 5.62. The highest BCUT2D eigenvalue weighted by Crippen LogP contribution is 2.37. The van der Waals surface area contributed by atoms with E-state index in [4.69, 9.17) is 4.74 Å². The van der Waals surface area contributed by atoms with E-state index in [0.29, 0.717) is 6.04 Å². The second kappa shape index (κ2) is 7.12. The second-order valence-electron chi connectivity index (χ2n) is 6.16. The van der Waals surface area contributed by atoms with Crippen LogP contribution in [0.5, 0.6) is 0 Å². The zero-order valence-corrected chi connectivity index (χ0v) is 13.3. The molecular weight excluding hydrogens is 285 g/mol. The van der Waals surface area contributed by atoms with Gasteiger partial charge in [0.25, 0.3) is 0 Å². The number of rotatable bonds is 4. The van der Waals surface area contributed by atoms with Gasteiger partial charge in [0, 0.05) is 12.6 Å². The first-order valence-electron chi connectivity index (χ1n) is 7.95. The van der Waals surface area contributed by atoms with Crippen LogP contribution < -0.4 is 5.32 Å². The molecule has 1 atom stereocenters. The molecular formula is C17H24FNOS. The molecule has 2 aliphatic heterocycles. The molecule has 2 saturated heterocycles. The Morgan fingerprint density at radius 1 is 1.24 bits per heavy atom. The van der Waals surface area contributed by atoms with Crippen LogP contribution in [-0.2, 0) is 11.2 Å². The van der Waals surface area contributed by atoms with E-state index in [1.165, 1.54) is 29.9 Å². The molecule has 1 unspecified atom stereocenters. The lowest BCUT2D eigenvalue weighted by Crippen LogP contribution is -2.49.